The number of amides is 1. The molecule has 4 heteroatoms. The summed E-state index contributed by atoms with van der Waals surface area (Å²) in [7, 11) is 3.97. The zero-order chi connectivity index (χ0) is 13.1. The van der Waals surface area contributed by atoms with Gasteiger partial charge in [0.15, 0.2) is 0 Å². The van der Waals surface area contributed by atoms with E-state index in [1.807, 2.05) is 48.2 Å². The predicted octanol–water partition coefficient (Wildman–Crippen LogP) is 2.75. The molecule has 98 valence electrons. The molecule has 0 N–H and O–H groups in total. The van der Waals surface area contributed by atoms with E-state index in [0.29, 0.717) is 4.83 Å². The van der Waals surface area contributed by atoms with Gasteiger partial charge in [0.25, 0.3) is 5.91 Å². The number of alkyl halides is 1. The Kier molecular flexibility index (Phi) is 4.27. The second-order valence-electron chi connectivity index (χ2n) is 4.91. The van der Waals surface area contributed by atoms with Gasteiger partial charge in [-0.05, 0) is 31.0 Å². The van der Waals surface area contributed by atoms with Gasteiger partial charge in [-0.3, -0.25) is 4.79 Å². The molecule has 0 spiro atoms. The van der Waals surface area contributed by atoms with Gasteiger partial charge in [0.1, 0.15) is 0 Å². The van der Waals surface area contributed by atoms with Gasteiger partial charge in [0, 0.05) is 43.3 Å². The fourth-order valence-electron chi connectivity index (χ4n) is 2.15. The second-order valence-corrected chi connectivity index (χ2v) is 6.21. The molecule has 2 rings (SSSR count). The maximum atomic E-state index is 12.4. The van der Waals surface area contributed by atoms with E-state index in [4.69, 9.17) is 0 Å². The maximum absolute atomic E-state index is 12.4. The topological polar surface area (TPSA) is 23.6 Å². The molecule has 0 unspecified atom stereocenters. The molecule has 1 aromatic rings. The number of likely N-dealkylation sites (tertiary alicyclic amines) is 1. The van der Waals surface area contributed by atoms with E-state index in [2.05, 4.69) is 15.9 Å². The number of anilines is 1. The van der Waals surface area contributed by atoms with Crippen LogP contribution in [0.3, 0.4) is 0 Å². The molecule has 1 heterocycles. The number of hydrogen-bond acceptors (Lipinski definition) is 2. The van der Waals surface area contributed by atoms with Gasteiger partial charge in [0.2, 0.25) is 0 Å². The molecule has 3 nitrogen and oxygen atoms in total. The number of carbonyl (C=O) groups excluding carboxylic acids is 1. The van der Waals surface area contributed by atoms with Gasteiger partial charge in [-0.15, -0.1) is 0 Å². The van der Waals surface area contributed by atoms with E-state index in [0.717, 1.165) is 37.2 Å². The number of benzene rings is 1. The van der Waals surface area contributed by atoms with Gasteiger partial charge in [-0.2, -0.15) is 0 Å². The van der Waals surface area contributed by atoms with Gasteiger partial charge in [-0.1, -0.05) is 22.0 Å². The summed E-state index contributed by atoms with van der Waals surface area (Å²) in [5, 5.41) is 0. The summed E-state index contributed by atoms with van der Waals surface area (Å²) in [6, 6.07) is 7.82. The number of nitrogens with zero attached hydrogens (tertiary/aromatic N) is 2. The normalized spacial score (nSPS) is 16.7. The first kappa shape index (κ1) is 13.4. The summed E-state index contributed by atoms with van der Waals surface area (Å²) in [4.78, 5) is 16.9. The van der Waals surface area contributed by atoms with E-state index in [9.17, 15) is 4.79 Å². The molecular formula is C14H19BrN2O. The largest absolute Gasteiger partial charge is 0.378 e. The van der Waals surface area contributed by atoms with Crippen molar-refractivity contribution in [1.29, 1.82) is 0 Å². The Bertz CT molecular complexity index is 426. The van der Waals surface area contributed by atoms with Crippen molar-refractivity contribution in [1.82, 2.24) is 4.90 Å². The monoisotopic (exact) mass is 310 g/mol. The molecule has 1 aliphatic heterocycles. The van der Waals surface area contributed by atoms with Gasteiger partial charge in [0.05, 0.1) is 0 Å². The fraction of sp³-hybridized carbons (Fsp3) is 0.500. The van der Waals surface area contributed by atoms with Crippen molar-refractivity contribution in [2.24, 2.45) is 0 Å². The maximum Gasteiger partial charge on any atom is 0.253 e. The highest BCUT2D eigenvalue weighted by molar-refractivity contribution is 9.09. The average molecular weight is 311 g/mol. The molecule has 0 atom stereocenters. The number of carbonyl (C=O) groups is 1. The number of halogens is 1. The van der Waals surface area contributed by atoms with Crippen LogP contribution in [0.25, 0.3) is 0 Å². The molecule has 0 bridgehead atoms. The van der Waals surface area contributed by atoms with Crippen molar-refractivity contribution in [2.45, 2.75) is 17.7 Å². The predicted molar refractivity (Wildman–Crippen MR) is 78.6 cm³/mol. The first-order valence-corrected chi connectivity index (χ1v) is 7.20. The summed E-state index contributed by atoms with van der Waals surface area (Å²) in [6.45, 7) is 1.70. The molecule has 1 saturated heterocycles. The Morgan fingerprint density at radius 1 is 1.33 bits per heavy atom. The lowest BCUT2D eigenvalue weighted by atomic mass is 10.1. The summed E-state index contributed by atoms with van der Waals surface area (Å²) in [5.74, 6) is 0.151. The van der Waals surface area contributed by atoms with Crippen molar-refractivity contribution >= 4 is 27.5 Å². The third-order valence-corrected chi connectivity index (χ3v) is 4.24. The van der Waals surface area contributed by atoms with Crippen LogP contribution in [0.2, 0.25) is 0 Å². The Labute approximate surface area is 117 Å². The highest BCUT2D eigenvalue weighted by Crippen LogP contribution is 2.20. The highest BCUT2D eigenvalue weighted by atomic mass is 79.9. The van der Waals surface area contributed by atoms with Crippen LogP contribution in [0.5, 0.6) is 0 Å². The number of hydrogen-bond donors (Lipinski definition) is 0. The van der Waals surface area contributed by atoms with E-state index >= 15 is 0 Å². The zero-order valence-corrected chi connectivity index (χ0v) is 12.5. The van der Waals surface area contributed by atoms with Crippen molar-refractivity contribution in [3.63, 3.8) is 0 Å². The molecule has 1 aromatic carbocycles. The first-order valence-electron chi connectivity index (χ1n) is 6.28. The lowest BCUT2D eigenvalue weighted by Crippen LogP contribution is -2.38. The Balaban J connectivity index is 2.11. The Morgan fingerprint density at radius 3 is 2.61 bits per heavy atom. The molecule has 1 fully saturated rings. The van der Waals surface area contributed by atoms with Gasteiger partial charge in [-0.25, -0.2) is 0 Å². The molecule has 0 radical (unpaired) electrons. The summed E-state index contributed by atoms with van der Waals surface area (Å²) < 4.78 is 0. The molecule has 1 aliphatic rings. The van der Waals surface area contributed by atoms with Crippen LogP contribution < -0.4 is 4.90 Å². The number of rotatable bonds is 2. The SMILES string of the molecule is CN(C)c1cccc(C(=O)N2CCC(Br)CC2)c1. The molecule has 0 saturated carbocycles. The smallest absolute Gasteiger partial charge is 0.253 e. The van der Waals surface area contributed by atoms with Crippen molar-refractivity contribution in [3.05, 3.63) is 29.8 Å². The van der Waals surface area contributed by atoms with Crippen LogP contribution in [0.15, 0.2) is 24.3 Å². The van der Waals surface area contributed by atoms with E-state index in [1.165, 1.54) is 0 Å². The molecule has 0 aromatic heterocycles. The van der Waals surface area contributed by atoms with Crippen LogP contribution in [0, 0.1) is 0 Å². The minimum Gasteiger partial charge on any atom is -0.378 e. The summed E-state index contributed by atoms with van der Waals surface area (Å²) >= 11 is 3.61. The molecule has 1 amide bonds. The molecular weight excluding hydrogens is 292 g/mol. The lowest BCUT2D eigenvalue weighted by molar-refractivity contribution is 0.0728. The van der Waals surface area contributed by atoms with Crippen LogP contribution in [-0.2, 0) is 0 Å². The molecule has 0 aliphatic carbocycles. The third kappa shape index (κ3) is 3.05. The summed E-state index contributed by atoms with van der Waals surface area (Å²) in [5.41, 5.74) is 1.85. The first-order chi connectivity index (χ1) is 8.58. The Morgan fingerprint density at radius 2 is 2.00 bits per heavy atom. The Hall–Kier alpha value is -1.03. The highest BCUT2D eigenvalue weighted by Gasteiger charge is 2.22. The second kappa shape index (κ2) is 5.74. The third-order valence-electron chi connectivity index (χ3n) is 3.32. The summed E-state index contributed by atoms with van der Waals surface area (Å²) in [6.07, 6.45) is 2.08. The average Bonchev–Trinajstić information content (AvgIpc) is 2.39. The van der Waals surface area contributed by atoms with Gasteiger partial charge < -0.3 is 9.80 Å². The van der Waals surface area contributed by atoms with E-state index < -0.39 is 0 Å². The van der Waals surface area contributed by atoms with Crippen molar-refractivity contribution in [2.75, 3.05) is 32.1 Å². The van der Waals surface area contributed by atoms with Crippen molar-refractivity contribution < 1.29 is 4.79 Å². The minimum absolute atomic E-state index is 0.151. The van der Waals surface area contributed by atoms with Crippen LogP contribution >= 0.6 is 15.9 Å². The van der Waals surface area contributed by atoms with Crippen LogP contribution in [0.4, 0.5) is 5.69 Å². The standard InChI is InChI=1S/C14H19BrN2O/c1-16(2)13-5-3-4-11(10-13)14(18)17-8-6-12(15)7-9-17/h3-5,10,12H,6-9H2,1-2H3. The quantitative estimate of drug-likeness (QED) is 0.784. The zero-order valence-electron chi connectivity index (χ0n) is 10.9. The molecule has 18 heavy (non-hydrogen) atoms. The fourth-order valence-corrected chi connectivity index (χ4v) is 2.56. The van der Waals surface area contributed by atoms with Crippen molar-refractivity contribution in [3.8, 4) is 0 Å². The van der Waals surface area contributed by atoms with E-state index in [1.54, 1.807) is 0 Å². The van der Waals surface area contributed by atoms with E-state index in [-0.39, 0.29) is 5.91 Å². The van der Waals surface area contributed by atoms with Crippen LogP contribution in [-0.4, -0.2) is 42.8 Å². The van der Waals surface area contributed by atoms with Crippen LogP contribution in [0.1, 0.15) is 23.2 Å². The van der Waals surface area contributed by atoms with Gasteiger partial charge >= 0.3 is 0 Å². The number of piperidine rings is 1. The lowest BCUT2D eigenvalue weighted by Gasteiger charge is -2.29. The minimum atomic E-state index is 0.151.